The second-order valence-electron chi connectivity index (χ2n) is 7.06. The third-order valence-corrected chi connectivity index (χ3v) is 5.37. The van der Waals surface area contributed by atoms with Gasteiger partial charge in [0, 0.05) is 21.7 Å². The number of para-hydroxylation sites is 1. The number of rotatable bonds is 4. The third-order valence-electron chi connectivity index (χ3n) is 5.11. The summed E-state index contributed by atoms with van der Waals surface area (Å²) >= 11 is 6.19. The highest BCUT2D eigenvalue weighted by Gasteiger charge is 2.22. The monoisotopic (exact) mass is 406 g/mol. The van der Waals surface area contributed by atoms with Crippen molar-refractivity contribution >= 4 is 11.6 Å². The third kappa shape index (κ3) is 3.42. The topological polar surface area (TPSA) is 17.8 Å². The van der Waals surface area contributed by atoms with Gasteiger partial charge in [0.05, 0.1) is 11.4 Å². The van der Waals surface area contributed by atoms with Crippen LogP contribution in [0.5, 0.6) is 0 Å². The number of hydrogen-bond acceptors (Lipinski definition) is 1. The maximum atomic E-state index is 6.19. The largest absolute Gasteiger partial charge is 0.232 e. The van der Waals surface area contributed by atoms with E-state index in [0.717, 1.165) is 39.3 Å². The predicted octanol–water partition coefficient (Wildman–Crippen LogP) is 7.53. The number of benzene rings is 4. The zero-order valence-electron chi connectivity index (χ0n) is 16.2. The van der Waals surface area contributed by atoms with Gasteiger partial charge in [-0.3, -0.25) is 0 Å². The van der Waals surface area contributed by atoms with E-state index in [-0.39, 0.29) is 0 Å². The summed E-state index contributed by atoms with van der Waals surface area (Å²) in [5.41, 5.74) is 7.40. The summed E-state index contributed by atoms with van der Waals surface area (Å²) in [7, 11) is 0. The molecule has 30 heavy (non-hydrogen) atoms. The Labute approximate surface area is 181 Å². The highest BCUT2D eigenvalue weighted by molar-refractivity contribution is 6.30. The summed E-state index contributed by atoms with van der Waals surface area (Å²) in [6.45, 7) is 0. The molecule has 0 aliphatic rings. The Morgan fingerprint density at radius 2 is 1.07 bits per heavy atom. The molecule has 1 heterocycles. The van der Waals surface area contributed by atoms with Gasteiger partial charge >= 0.3 is 0 Å². The first-order chi connectivity index (χ1) is 14.8. The van der Waals surface area contributed by atoms with Crippen LogP contribution >= 0.6 is 11.6 Å². The second-order valence-corrected chi connectivity index (χ2v) is 7.49. The van der Waals surface area contributed by atoms with E-state index in [1.807, 2.05) is 59.3 Å². The predicted molar refractivity (Wildman–Crippen MR) is 125 cm³/mol. The molecule has 0 radical (unpaired) electrons. The van der Waals surface area contributed by atoms with Gasteiger partial charge in [-0.05, 0) is 29.8 Å². The highest BCUT2D eigenvalue weighted by Crippen LogP contribution is 2.41. The second kappa shape index (κ2) is 8.02. The Morgan fingerprint density at radius 1 is 0.533 bits per heavy atom. The molecule has 4 aromatic carbocycles. The fourth-order valence-corrected chi connectivity index (χ4v) is 3.85. The molecule has 0 saturated heterocycles. The first-order valence-electron chi connectivity index (χ1n) is 9.86. The van der Waals surface area contributed by atoms with Crippen LogP contribution in [-0.2, 0) is 0 Å². The van der Waals surface area contributed by atoms with Crippen molar-refractivity contribution in [2.75, 3.05) is 0 Å². The van der Waals surface area contributed by atoms with E-state index in [9.17, 15) is 0 Å². The van der Waals surface area contributed by atoms with Gasteiger partial charge in [-0.2, -0.15) is 5.10 Å². The van der Waals surface area contributed by atoms with E-state index in [4.69, 9.17) is 16.7 Å². The first-order valence-corrected chi connectivity index (χ1v) is 10.2. The Hall–Kier alpha value is -3.62. The molecular weight excluding hydrogens is 388 g/mol. The normalized spacial score (nSPS) is 10.8. The molecule has 0 bridgehead atoms. The summed E-state index contributed by atoms with van der Waals surface area (Å²) in [5, 5.41) is 5.83. The van der Waals surface area contributed by atoms with Gasteiger partial charge in [-0.1, -0.05) is 103 Å². The van der Waals surface area contributed by atoms with Crippen molar-refractivity contribution in [2.24, 2.45) is 0 Å². The maximum Gasteiger partial charge on any atom is 0.101 e. The molecule has 0 aliphatic heterocycles. The van der Waals surface area contributed by atoms with Crippen LogP contribution < -0.4 is 0 Å². The van der Waals surface area contributed by atoms with Crippen LogP contribution in [0.4, 0.5) is 0 Å². The van der Waals surface area contributed by atoms with Crippen LogP contribution in [0.25, 0.3) is 39.3 Å². The Bertz CT molecular complexity index is 1260. The minimum absolute atomic E-state index is 0.717. The van der Waals surface area contributed by atoms with Crippen molar-refractivity contribution in [3.8, 4) is 39.3 Å². The molecule has 0 atom stereocenters. The van der Waals surface area contributed by atoms with E-state index in [1.165, 1.54) is 0 Å². The molecule has 0 amide bonds. The van der Waals surface area contributed by atoms with Gasteiger partial charge in [-0.15, -0.1) is 0 Å². The molecule has 1 aromatic heterocycles. The minimum atomic E-state index is 0.717. The molecule has 0 unspecified atom stereocenters. The van der Waals surface area contributed by atoms with E-state index in [2.05, 4.69) is 60.7 Å². The van der Waals surface area contributed by atoms with Gasteiger partial charge in [0.25, 0.3) is 0 Å². The molecule has 0 N–H and O–H groups in total. The summed E-state index contributed by atoms with van der Waals surface area (Å²) < 4.78 is 2.04. The number of aromatic nitrogens is 2. The fourth-order valence-electron chi connectivity index (χ4n) is 3.72. The molecule has 5 rings (SSSR count). The van der Waals surface area contributed by atoms with Crippen LogP contribution in [0.3, 0.4) is 0 Å². The smallest absolute Gasteiger partial charge is 0.101 e. The fraction of sp³-hybridized carbons (Fsp3) is 0. The summed E-state index contributed by atoms with van der Waals surface area (Å²) in [4.78, 5) is 0. The molecule has 0 fully saturated rings. The lowest BCUT2D eigenvalue weighted by Gasteiger charge is -2.11. The molecule has 2 nitrogen and oxygen atoms in total. The van der Waals surface area contributed by atoms with Crippen molar-refractivity contribution in [3.05, 3.63) is 120 Å². The zero-order chi connectivity index (χ0) is 20.3. The molecule has 3 heteroatoms. The number of nitrogens with zero attached hydrogens (tertiary/aromatic N) is 2. The Kier molecular flexibility index (Phi) is 4.92. The van der Waals surface area contributed by atoms with Gasteiger partial charge in [-0.25, -0.2) is 4.68 Å². The van der Waals surface area contributed by atoms with Crippen molar-refractivity contribution in [1.82, 2.24) is 9.78 Å². The van der Waals surface area contributed by atoms with Gasteiger partial charge < -0.3 is 0 Å². The molecule has 0 saturated carbocycles. The summed E-state index contributed by atoms with van der Waals surface area (Å²) in [6, 6.07) is 39.0. The minimum Gasteiger partial charge on any atom is -0.232 e. The van der Waals surface area contributed by atoms with Crippen LogP contribution in [0.1, 0.15) is 0 Å². The van der Waals surface area contributed by atoms with Crippen LogP contribution in [0.15, 0.2) is 115 Å². The lowest BCUT2D eigenvalue weighted by molar-refractivity contribution is 0.892. The van der Waals surface area contributed by atoms with E-state index >= 15 is 0 Å². The van der Waals surface area contributed by atoms with E-state index in [1.54, 1.807) is 0 Å². The van der Waals surface area contributed by atoms with E-state index in [0.29, 0.717) is 5.02 Å². The van der Waals surface area contributed by atoms with Crippen molar-refractivity contribution in [2.45, 2.75) is 0 Å². The molecule has 0 aliphatic carbocycles. The standard InChI is InChI=1S/C27H19ClN2/c28-23-18-16-22(17-19-23)27-25(20-10-4-1-5-11-20)26(21-12-6-2-7-13-21)29-30(27)24-14-8-3-9-15-24/h1-19H. The molecular formula is C27H19ClN2. The van der Waals surface area contributed by atoms with Crippen LogP contribution in [-0.4, -0.2) is 9.78 Å². The first kappa shape index (κ1) is 18.4. The van der Waals surface area contributed by atoms with Gasteiger partial charge in [0.2, 0.25) is 0 Å². The van der Waals surface area contributed by atoms with Crippen LogP contribution in [0, 0.1) is 0 Å². The van der Waals surface area contributed by atoms with E-state index < -0.39 is 0 Å². The summed E-state index contributed by atoms with van der Waals surface area (Å²) in [6.07, 6.45) is 0. The molecule has 5 aromatic rings. The molecule has 0 spiro atoms. The summed E-state index contributed by atoms with van der Waals surface area (Å²) in [5.74, 6) is 0. The lowest BCUT2D eigenvalue weighted by atomic mass is 9.96. The van der Waals surface area contributed by atoms with Gasteiger partial charge in [0.15, 0.2) is 0 Å². The Balaban J connectivity index is 1.88. The Morgan fingerprint density at radius 3 is 1.67 bits per heavy atom. The van der Waals surface area contributed by atoms with Crippen LogP contribution in [0.2, 0.25) is 5.02 Å². The van der Waals surface area contributed by atoms with Gasteiger partial charge in [0.1, 0.15) is 5.69 Å². The number of hydrogen-bond donors (Lipinski definition) is 0. The highest BCUT2D eigenvalue weighted by atomic mass is 35.5. The maximum absolute atomic E-state index is 6.19. The van der Waals surface area contributed by atoms with Crippen molar-refractivity contribution in [1.29, 1.82) is 0 Å². The van der Waals surface area contributed by atoms with Crippen molar-refractivity contribution in [3.63, 3.8) is 0 Å². The molecule has 144 valence electrons. The van der Waals surface area contributed by atoms with Crippen molar-refractivity contribution < 1.29 is 0 Å². The average molecular weight is 407 g/mol. The lowest BCUT2D eigenvalue weighted by Crippen LogP contribution is -1.99. The SMILES string of the molecule is Clc1ccc(-c2c(-c3ccccc3)c(-c3ccccc3)nn2-c2ccccc2)cc1. The quantitative estimate of drug-likeness (QED) is 0.301. The zero-order valence-corrected chi connectivity index (χ0v) is 17.0. The number of halogens is 1. The average Bonchev–Trinajstić information content (AvgIpc) is 3.22.